The minimum absolute atomic E-state index is 0.0211. The summed E-state index contributed by atoms with van der Waals surface area (Å²) < 4.78 is 24.3. The predicted molar refractivity (Wildman–Crippen MR) is 127 cm³/mol. The maximum atomic E-state index is 13.6. The van der Waals surface area contributed by atoms with Crippen LogP contribution in [0.25, 0.3) is 16.3 Å². The molecular weight excluding hydrogens is 443 g/mol. The standard InChI is InChI=1S/C25H25FN2O4S/c1-5-32-24(17-7-9-18(10-8-17)25-28-27-16(3)33-25)23(30)15(2)6-13-21(29)19-11-12-20(26)22(14-19)31-4/h6-14,24,29H,5H2,1-4H3/b15-6+,21-13-/t24-/m1/s1. The smallest absolute Gasteiger partial charge is 0.191 e. The van der Waals surface area contributed by atoms with Gasteiger partial charge in [-0.15, -0.1) is 10.2 Å². The maximum Gasteiger partial charge on any atom is 0.191 e. The molecule has 0 aliphatic rings. The number of benzene rings is 2. The number of rotatable bonds is 9. The van der Waals surface area contributed by atoms with Gasteiger partial charge in [0.25, 0.3) is 0 Å². The third-order valence-corrected chi connectivity index (χ3v) is 5.77. The number of allylic oxidation sites excluding steroid dienone is 2. The van der Waals surface area contributed by atoms with Crippen LogP contribution in [0.3, 0.4) is 0 Å². The van der Waals surface area contributed by atoms with Gasteiger partial charge in [-0.05, 0) is 56.2 Å². The molecule has 0 saturated heterocycles. The number of aliphatic hydroxyl groups is 1. The second-order valence-corrected chi connectivity index (χ2v) is 8.38. The van der Waals surface area contributed by atoms with Gasteiger partial charge < -0.3 is 14.6 Å². The highest BCUT2D eigenvalue weighted by molar-refractivity contribution is 7.14. The lowest BCUT2D eigenvalue weighted by Gasteiger charge is -2.17. The molecule has 172 valence electrons. The number of halogens is 1. The van der Waals surface area contributed by atoms with Crippen LogP contribution in [-0.2, 0) is 9.53 Å². The number of hydrogen-bond donors (Lipinski definition) is 1. The lowest BCUT2D eigenvalue weighted by molar-refractivity contribution is -0.126. The Labute approximate surface area is 196 Å². The largest absolute Gasteiger partial charge is 0.507 e. The lowest BCUT2D eigenvalue weighted by atomic mass is 9.99. The van der Waals surface area contributed by atoms with Crippen LogP contribution in [0.4, 0.5) is 4.39 Å². The topological polar surface area (TPSA) is 81.5 Å². The molecule has 1 atom stereocenters. The number of aliphatic hydroxyl groups excluding tert-OH is 1. The number of aryl methyl sites for hydroxylation is 1. The number of ether oxygens (including phenoxy) is 2. The van der Waals surface area contributed by atoms with Crippen LogP contribution in [-0.4, -0.2) is 34.8 Å². The summed E-state index contributed by atoms with van der Waals surface area (Å²) in [5.74, 6) is -0.849. The number of hydrogen-bond acceptors (Lipinski definition) is 7. The minimum Gasteiger partial charge on any atom is -0.507 e. The van der Waals surface area contributed by atoms with Gasteiger partial charge in [0.1, 0.15) is 21.9 Å². The third-order valence-electron chi connectivity index (χ3n) is 4.88. The Morgan fingerprint density at radius 1 is 1.18 bits per heavy atom. The van der Waals surface area contributed by atoms with Crippen LogP contribution < -0.4 is 4.74 Å². The Morgan fingerprint density at radius 3 is 2.52 bits per heavy atom. The maximum absolute atomic E-state index is 13.6. The van der Waals surface area contributed by atoms with Crippen LogP contribution in [0.5, 0.6) is 5.75 Å². The molecule has 1 aromatic heterocycles. The van der Waals surface area contributed by atoms with E-state index in [-0.39, 0.29) is 17.3 Å². The summed E-state index contributed by atoms with van der Waals surface area (Å²) in [5.41, 5.74) is 2.41. The molecule has 0 spiro atoms. The molecule has 0 radical (unpaired) electrons. The van der Waals surface area contributed by atoms with Crippen molar-refractivity contribution in [3.8, 4) is 16.3 Å². The van der Waals surface area contributed by atoms with Gasteiger partial charge in [0.2, 0.25) is 0 Å². The van der Waals surface area contributed by atoms with E-state index < -0.39 is 11.9 Å². The van der Waals surface area contributed by atoms with Crippen molar-refractivity contribution in [2.24, 2.45) is 0 Å². The Balaban J connectivity index is 1.81. The fourth-order valence-corrected chi connectivity index (χ4v) is 3.81. The van der Waals surface area contributed by atoms with E-state index in [1.54, 1.807) is 6.92 Å². The fourth-order valence-electron chi connectivity index (χ4n) is 3.11. The zero-order valence-corrected chi connectivity index (χ0v) is 19.6. The molecule has 3 rings (SSSR count). The number of carbonyl (C=O) groups is 1. The van der Waals surface area contributed by atoms with Gasteiger partial charge in [-0.3, -0.25) is 4.79 Å². The molecule has 0 amide bonds. The number of nitrogens with zero attached hydrogens (tertiary/aromatic N) is 2. The average Bonchev–Trinajstić information content (AvgIpc) is 3.27. The summed E-state index contributed by atoms with van der Waals surface area (Å²) in [7, 11) is 1.35. The quantitative estimate of drug-likeness (QED) is 0.241. The van der Waals surface area contributed by atoms with Crippen LogP contribution in [0.2, 0.25) is 0 Å². The van der Waals surface area contributed by atoms with Crippen molar-refractivity contribution in [2.45, 2.75) is 26.9 Å². The van der Waals surface area contributed by atoms with Crippen molar-refractivity contribution in [3.05, 3.63) is 82.1 Å². The molecule has 3 aromatic rings. The number of aromatic nitrogens is 2. The molecule has 0 aliphatic heterocycles. The summed E-state index contributed by atoms with van der Waals surface area (Å²) in [6.07, 6.45) is 2.12. The van der Waals surface area contributed by atoms with Crippen molar-refractivity contribution in [1.29, 1.82) is 0 Å². The van der Waals surface area contributed by atoms with E-state index in [1.807, 2.05) is 38.1 Å². The van der Waals surface area contributed by atoms with Crippen molar-refractivity contribution in [2.75, 3.05) is 13.7 Å². The molecule has 6 nitrogen and oxygen atoms in total. The first-order chi connectivity index (χ1) is 15.8. The van der Waals surface area contributed by atoms with Crippen LogP contribution in [0, 0.1) is 12.7 Å². The number of methoxy groups -OCH3 is 1. The van der Waals surface area contributed by atoms with Crippen molar-refractivity contribution in [1.82, 2.24) is 10.2 Å². The Morgan fingerprint density at radius 2 is 1.91 bits per heavy atom. The second kappa shape index (κ2) is 11.0. The van der Waals surface area contributed by atoms with Gasteiger partial charge in [0, 0.05) is 17.7 Å². The first kappa shape index (κ1) is 24.3. The first-order valence-corrected chi connectivity index (χ1v) is 11.1. The van der Waals surface area contributed by atoms with Crippen molar-refractivity contribution in [3.63, 3.8) is 0 Å². The molecule has 33 heavy (non-hydrogen) atoms. The van der Waals surface area contributed by atoms with E-state index in [1.165, 1.54) is 48.8 Å². The second-order valence-electron chi connectivity index (χ2n) is 7.20. The monoisotopic (exact) mass is 468 g/mol. The molecule has 0 bridgehead atoms. The molecule has 0 aliphatic carbocycles. The molecule has 1 heterocycles. The zero-order valence-electron chi connectivity index (χ0n) is 18.8. The van der Waals surface area contributed by atoms with E-state index in [9.17, 15) is 14.3 Å². The van der Waals surface area contributed by atoms with Gasteiger partial charge in [-0.25, -0.2) is 4.39 Å². The van der Waals surface area contributed by atoms with E-state index in [0.717, 1.165) is 21.1 Å². The normalized spacial score (nSPS) is 13.1. The van der Waals surface area contributed by atoms with Gasteiger partial charge in [0.15, 0.2) is 17.3 Å². The van der Waals surface area contributed by atoms with Crippen molar-refractivity contribution < 1.29 is 23.8 Å². The molecule has 2 aromatic carbocycles. The highest BCUT2D eigenvalue weighted by atomic mass is 32.1. The zero-order chi connectivity index (χ0) is 24.0. The summed E-state index contributed by atoms with van der Waals surface area (Å²) in [4.78, 5) is 13.1. The molecule has 0 fully saturated rings. The van der Waals surface area contributed by atoms with Crippen LogP contribution in [0.1, 0.15) is 36.1 Å². The summed E-state index contributed by atoms with van der Waals surface area (Å²) in [5, 5.41) is 20.2. The summed E-state index contributed by atoms with van der Waals surface area (Å²) in [6, 6.07) is 11.5. The minimum atomic E-state index is -0.780. The van der Waals surface area contributed by atoms with Gasteiger partial charge in [-0.1, -0.05) is 41.7 Å². The summed E-state index contributed by atoms with van der Waals surface area (Å²) in [6.45, 7) is 5.73. The number of carbonyl (C=O) groups excluding carboxylic acids is 1. The lowest BCUT2D eigenvalue weighted by Crippen LogP contribution is -2.17. The predicted octanol–water partition coefficient (Wildman–Crippen LogP) is 5.85. The third kappa shape index (κ3) is 5.91. The molecular formula is C25H25FN2O4S. The van der Waals surface area contributed by atoms with Crippen molar-refractivity contribution >= 4 is 22.9 Å². The van der Waals surface area contributed by atoms with E-state index in [4.69, 9.17) is 9.47 Å². The summed E-state index contributed by atoms with van der Waals surface area (Å²) >= 11 is 1.50. The fraction of sp³-hybridized carbons (Fsp3) is 0.240. The van der Waals surface area contributed by atoms with Gasteiger partial charge >= 0.3 is 0 Å². The average molecular weight is 469 g/mol. The van der Waals surface area contributed by atoms with Crippen LogP contribution >= 0.6 is 11.3 Å². The van der Waals surface area contributed by atoms with Gasteiger partial charge in [-0.2, -0.15) is 0 Å². The molecule has 8 heteroatoms. The molecule has 0 unspecified atom stereocenters. The Bertz CT molecular complexity index is 1190. The highest BCUT2D eigenvalue weighted by Crippen LogP contribution is 2.28. The van der Waals surface area contributed by atoms with Gasteiger partial charge in [0.05, 0.1) is 7.11 Å². The van der Waals surface area contributed by atoms with Crippen LogP contribution in [0.15, 0.2) is 60.2 Å². The molecule has 1 N–H and O–H groups in total. The van der Waals surface area contributed by atoms with E-state index in [2.05, 4.69) is 10.2 Å². The number of ketones is 1. The highest BCUT2D eigenvalue weighted by Gasteiger charge is 2.22. The molecule has 0 saturated carbocycles. The Kier molecular flexibility index (Phi) is 8.08. The first-order valence-electron chi connectivity index (χ1n) is 10.3. The van der Waals surface area contributed by atoms with E-state index >= 15 is 0 Å². The SMILES string of the molecule is CCO[C@@H](C(=O)/C(C)=C/C=C(\O)c1ccc(F)c(OC)c1)c1ccc(-c2nnc(C)s2)cc1. The number of Topliss-reactive ketones (excluding diaryl/α,β-unsaturated/α-hetero) is 1. The Hall–Kier alpha value is -3.36. The van der Waals surface area contributed by atoms with E-state index in [0.29, 0.717) is 17.7 Å².